The van der Waals surface area contributed by atoms with Gasteiger partial charge in [-0.05, 0) is 12.1 Å². The highest BCUT2D eigenvalue weighted by Crippen LogP contribution is 2.48. The highest BCUT2D eigenvalue weighted by Gasteiger charge is 2.68. The van der Waals surface area contributed by atoms with Gasteiger partial charge in [-0.1, -0.05) is 30.4 Å². The minimum absolute atomic E-state index is 0.425. The molecule has 2 saturated heterocycles. The molecule has 0 aromatic heterocycles. The van der Waals surface area contributed by atoms with Crippen LogP contribution >= 0.6 is 0 Å². The molecule has 122 valence electrons. The van der Waals surface area contributed by atoms with E-state index in [1.165, 1.54) is 19.3 Å². The SMILES string of the molecule is COC(=O)[C@]12C=C[C@H](C(=O)N1)[C@@H]1C(=O)N(c3ccccc3)C(=O)[C@@H]12. The van der Waals surface area contributed by atoms with Crippen LogP contribution in [0.15, 0.2) is 42.5 Å². The lowest BCUT2D eigenvalue weighted by molar-refractivity contribution is -0.160. The number of nitrogens with zero attached hydrogens (tertiary/aromatic N) is 1. The number of benzene rings is 1. The van der Waals surface area contributed by atoms with Crippen molar-refractivity contribution in [3.05, 3.63) is 42.5 Å². The number of imide groups is 1. The number of anilines is 1. The summed E-state index contributed by atoms with van der Waals surface area (Å²) in [6.45, 7) is 0. The van der Waals surface area contributed by atoms with Gasteiger partial charge in [-0.15, -0.1) is 0 Å². The van der Waals surface area contributed by atoms with E-state index in [2.05, 4.69) is 5.32 Å². The number of methoxy groups -OCH3 is 1. The molecule has 3 amide bonds. The Morgan fingerprint density at radius 3 is 2.50 bits per heavy atom. The number of para-hydroxylation sites is 1. The van der Waals surface area contributed by atoms with E-state index >= 15 is 0 Å². The summed E-state index contributed by atoms with van der Waals surface area (Å²) in [5, 5.41) is 2.57. The molecule has 0 unspecified atom stereocenters. The smallest absolute Gasteiger partial charge is 0.336 e. The van der Waals surface area contributed by atoms with Crippen LogP contribution < -0.4 is 10.2 Å². The highest BCUT2D eigenvalue weighted by molar-refractivity contribution is 6.26. The fraction of sp³-hybridized carbons (Fsp3) is 0.294. The summed E-state index contributed by atoms with van der Waals surface area (Å²) in [5.41, 5.74) is -1.20. The van der Waals surface area contributed by atoms with Gasteiger partial charge in [0.25, 0.3) is 0 Å². The van der Waals surface area contributed by atoms with E-state index in [-0.39, 0.29) is 0 Å². The zero-order valence-corrected chi connectivity index (χ0v) is 12.8. The third kappa shape index (κ3) is 1.61. The van der Waals surface area contributed by atoms with Crippen LogP contribution in [-0.4, -0.2) is 36.3 Å². The molecule has 2 fully saturated rings. The number of esters is 1. The van der Waals surface area contributed by atoms with Crippen molar-refractivity contribution in [2.24, 2.45) is 17.8 Å². The second kappa shape index (κ2) is 4.77. The Kier molecular flexibility index (Phi) is 2.90. The average molecular weight is 326 g/mol. The Morgan fingerprint density at radius 1 is 1.17 bits per heavy atom. The Morgan fingerprint density at radius 2 is 1.88 bits per heavy atom. The zero-order chi connectivity index (χ0) is 17.1. The van der Waals surface area contributed by atoms with Gasteiger partial charge in [-0.25, -0.2) is 9.69 Å². The number of rotatable bonds is 2. The highest BCUT2D eigenvalue weighted by atomic mass is 16.5. The molecule has 7 heteroatoms. The number of fused-ring (bicyclic) bond motifs is 1. The van der Waals surface area contributed by atoms with Crippen LogP contribution in [0.25, 0.3) is 0 Å². The minimum atomic E-state index is -1.62. The molecule has 4 atom stereocenters. The summed E-state index contributed by atoms with van der Waals surface area (Å²) in [4.78, 5) is 51.6. The number of carbonyl (C=O) groups excluding carboxylic acids is 4. The maximum Gasteiger partial charge on any atom is 0.336 e. The topological polar surface area (TPSA) is 92.8 Å². The van der Waals surface area contributed by atoms with Crippen LogP contribution in [0.2, 0.25) is 0 Å². The van der Waals surface area contributed by atoms with Crippen molar-refractivity contribution < 1.29 is 23.9 Å². The maximum absolute atomic E-state index is 13.0. The largest absolute Gasteiger partial charge is 0.467 e. The molecule has 0 spiro atoms. The van der Waals surface area contributed by atoms with Gasteiger partial charge in [0, 0.05) is 0 Å². The summed E-state index contributed by atoms with van der Waals surface area (Å²) in [7, 11) is 1.18. The molecule has 1 N–H and O–H groups in total. The quantitative estimate of drug-likeness (QED) is 0.470. The van der Waals surface area contributed by atoms with Crippen molar-refractivity contribution in [3.63, 3.8) is 0 Å². The molecule has 7 nitrogen and oxygen atoms in total. The van der Waals surface area contributed by atoms with Crippen LogP contribution in [0.3, 0.4) is 0 Å². The summed E-state index contributed by atoms with van der Waals surface area (Å²) < 4.78 is 4.80. The predicted molar refractivity (Wildman–Crippen MR) is 81.4 cm³/mol. The molecule has 24 heavy (non-hydrogen) atoms. The predicted octanol–water partition coefficient (Wildman–Crippen LogP) is 0.0198. The zero-order valence-electron chi connectivity index (χ0n) is 12.8. The van der Waals surface area contributed by atoms with Crippen LogP contribution in [0.4, 0.5) is 5.69 Å². The van der Waals surface area contributed by atoms with Crippen molar-refractivity contribution in [2.75, 3.05) is 12.0 Å². The number of hydrogen-bond acceptors (Lipinski definition) is 5. The van der Waals surface area contributed by atoms with E-state index < -0.39 is 47.0 Å². The fourth-order valence-electron chi connectivity index (χ4n) is 3.91. The number of carbonyl (C=O) groups is 4. The molecule has 4 aliphatic rings. The summed E-state index contributed by atoms with van der Waals surface area (Å²) in [5.74, 6) is -4.81. The number of ether oxygens (including phenoxy) is 1. The van der Waals surface area contributed by atoms with E-state index in [0.29, 0.717) is 5.69 Å². The lowest BCUT2D eigenvalue weighted by Gasteiger charge is -2.45. The van der Waals surface area contributed by atoms with Gasteiger partial charge in [-0.2, -0.15) is 0 Å². The lowest BCUT2D eigenvalue weighted by Crippen LogP contribution is -2.69. The Balaban J connectivity index is 1.86. The van der Waals surface area contributed by atoms with Gasteiger partial charge in [0.2, 0.25) is 17.7 Å². The first kappa shape index (κ1) is 14.6. The first-order valence-corrected chi connectivity index (χ1v) is 7.54. The summed E-state index contributed by atoms with van der Waals surface area (Å²) >= 11 is 0. The van der Waals surface area contributed by atoms with Crippen LogP contribution in [0.5, 0.6) is 0 Å². The molecule has 1 aromatic carbocycles. The molecule has 0 radical (unpaired) electrons. The molecule has 2 bridgehead atoms. The van der Waals surface area contributed by atoms with E-state index in [9.17, 15) is 19.2 Å². The average Bonchev–Trinajstić information content (AvgIpc) is 2.88. The van der Waals surface area contributed by atoms with Crippen molar-refractivity contribution in [1.29, 1.82) is 0 Å². The number of hydrogen-bond donors (Lipinski definition) is 1. The van der Waals surface area contributed by atoms with Gasteiger partial charge in [0.1, 0.15) is 0 Å². The van der Waals surface area contributed by atoms with Gasteiger partial charge < -0.3 is 10.1 Å². The third-order valence-electron chi connectivity index (χ3n) is 4.97. The molecular weight excluding hydrogens is 312 g/mol. The Labute approximate surface area is 137 Å². The molecule has 1 aliphatic carbocycles. The normalized spacial score (nSPS) is 33.5. The molecule has 1 aromatic rings. The van der Waals surface area contributed by atoms with Crippen LogP contribution in [0.1, 0.15) is 0 Å². The maximum atomic E-state index is 13.0. The van der Waals surface area contributed by atoms with E-state index in [4.69, 9.17) is 4.74 Å². The summed E-state index contributed by atoms with van der Waals surface area (Å²) in [6.07, 6.45) is 3.00. The molecular formula is C17H14N2O5. The molecule has 5 rings (SSSR count). The second-order valence-electron chi connectivity index (χ2n) is 6.09. The van der Waals surface area contributed by atoms with Gasteiger partial charge in [-0.3, -0.25) is 14.4 Å². The van der Waals surface area contributed by atoms with Gasteiger partial charge >= 0.3 is 5.97 Å². The Hall–Kier alpha value is -2.96. The van der Waals surface area contributed by atoms with Crippen LogP contribution in [-0.2, 0) is 23.9 Å². The minimum Gasteiger partial charge on any atom is -0.467 e. The lowest BCUT2D eigenvalue weighted by atomic mass is 9.63. The number of piperidine rings is 1. The van der Waals surface area contributed by atoms with Crippen molar-refractivity contribution in [3.8, 4) is 0 Å². The molecule has 3 heterocycles. The van der Waals surface area contributed by atoms with Crippen molar-refractivity contribution >= 4 is 29.4 Å². The first-order chi connectivity index (χ1) is 11.5. The number of amides is 3. The van der Waals surface area contributed by atoms with Crippen molar-refractivity contribution in [1.82, 2.24) is 5.32 Å². The standard InChI is InChI=1S/C17H14N2O5/c1-24-16(23)17-8-7-10(13(20)18-17)11-12(17)15(22)19(14(11)21)9-5-3-2-4-6-9/h2-8,10-12H,1H3,(H,18,20)/t10-,11-,12+,17+/m0/s1. The third-order valence-corrected chi connectivity index (χ3v) is 4.97. The van der Waals surface area contributed by atoms with Crippen molar-refractivity contribution in [2.45, 2.75) is 5.54 Å². The van der Waals surface area contributed by atoms with E-state index in [1.54, 1.807) is 30.3 Å². The second-order valence-corrected chi connectivity index (χ2v) is 6.09. The molecule has 3 aliphatic heterocycles. The summed E-state index contributed by atoms with van der Waals surface area (Å²) in [6, 6.07) is 8.48. The molecule has 0 saturated carbocycles. The van der Waals surface area contributed by atoms with Crippen LogP contribution in [0, 0.1) is 17.8 Å². The first-order valence-electron chi connectivity index (χ1n) is 7.54. The monoisotopic (exact) mass is 326 g/mol. The number of nitrogens with one attached hydrogen (secondary N) is 1. The van der Waals surface area contributed by atoms with E-state index in [0.717, 1.165) is 4.90 Å². The fourth-order valence-corrected chi connectivity index (χ4v) is 3.91. The Bertz CT molecular complexity index is 802. The van der Waals surface area contributed by atoms with Gasteiger partial charge in [0.05, 0.1) is 30.6 Å². The van der Waals surface area contributed by atoms with E-state index in [1.807, 2.05) is 0 Å². The van der Waals surface area contributed by atoms with Gasteiger partial charge in [0.15, 0.2) is 5.54 Å².